The van der Waals surface area contributed by atoms with Gasteiger partial charge in [-0.05, 0) is 27.3 Å². The largest absolute Gasteiger partial charge is 0.389 e. The molecule has 1 atom stereocenters. The summed E-state index contributed by atoms with van der Waals surface area (Å²) in [4.78, 5) is 1.89. The maximum Gasteiger partial charge on any atom is 0.0900 e. The van der Waals surface area contributed by atoms with Crippen LogP contribution in [0.2, 0.25) is 0 Å². The van der Waals surface area contributed by atoms with Crippen LogP contribution >= 0.6 is 0 Å². The van der Waals surface area contributed by atoms with Gasteiger partial charge in [-0.25, -0.2) is 0 Å². The van der Waals surface area contributed by atoms with Gasteiger partial charge in [-0.1, -0.05) is 6.92 Å². The van der Waals surface area contributed by atoms with Crippen LogP contribution in [-0.2, 0) is 4.74 Å². The van der Waals surface area contributed by atoms with Gasteiger partial charge in [0, 0.05) is 6.54 Å². The minimum Gasteiger partial charge on any atom is -0.389 e. The van der Waals surface area contributed by atoms with Gasteiger partial charge in [0.2, 0.25) is 0 Å². The van der Waals surface area contributed by atoms with Crippen molar-refractivity contribution in [3.63, 3.8) is 0 Å². The standard InChI is InChI=1S/C11H22N2O2/c1-5-13(7-6-12)8-10(14)9-15-11(2,3)4/h10,14H,5,7-9H2,1-4H3. The average Bonchev–Trinajstić information content (AvgIpc) is 2.13. The second-order valence-electron chi connectivity index (χ2n) is 4.56. The predicted octanol–water partition coefficient (Wildman–Crippen LogP) is 1.01. The summed E-state index contributed by atoms with van der Waals surface area (Å²) in [5.41, 5.74) is -0.229. The van der Waals surface area contributed by atoms with Crippen molar-refractivity contribution in [2.24, 2.45) is 0 Å². The first-order valence-electron chi connectivity index (χ1n) is 5.30. The normalized spacial score (nSPS) is 13.9. The third kappa shape index (κ3) is 8.37. The summed E-state index contributed by atoms with van der Waals surface area (Å²) in [5, 5.41) is 18.2. The Hall–Kier alpha value is -0.630. The first kappa shape index (κ1) is 14.4. The molecule has 1 N–H and O–H groups in total. The first-order chi connectivity index (χ1) is 6.89. The number of aliphatic hydroxyl groups excluding tert-OH is 1. The maximum atomic E-state index is 9.66. The molecule has 0 radical (unpaired) electrons. The van der Waals surface area contributed by atoms with Crippen molar-refractivity contribution in [1.82, 2.24) is 4.90 Å². The molecule has 0 spiro atoms. The lowest BCUT2D eigenvalue weighted by atomic mass is 10.2. The van der Waals surface area contributed by atoms with E-state index in [1.54, 1.807) is 0 Å². The van der Waals surface area contributed by atoms with Crippen molar-refractivity contribution >= 4 is 0 Å². The highest BCUT2D eigenvalue weighted by Gasteiger charge is 2.15. The number of aliphatic hydroxyl groups is 1. The lowest BCUT2D eigenvalue weighted by molar-refractivity contribution is -0.0550. The van der Waals surface area contributed by atoms with E-state index in [2.05, 4.69) is 6.07 Å². The molecule has 0 rings (SSSR count). The molecule has 88 valence electrons. The fourth-order valence-corrected chi connectivity index (χ4v) is 1.10. The average molecular weight is 214 g/mol. The van der Waals surface area contributed by atoms with Gasteiger partial charge in [0.25, 0.3) is 0 Å². The molecule has 15 heavy (non-hydrogen) atoms. The molecule has 0 aromatic carbocycles. The predicted molar refractivity (Wildman–Crippen MR) is 59.4 cm³/mol. The fourth-order valence-electron chi connectivity index (χ4n) is 1.10. The van der Waals surface area contributed by atoms with E-state index in [9.17, 15) is 5.11 Å². The van der Waals surface area contributed by atoms with Crippen molar-refractivity contribution < 1.29 is 9.84 Å². The molecule has 0 amide bonds. The van der Waals surface area contributed by atoms with Gasteiger partial charge < -0.3 is 9.84 Å². The zero-order chi connectivity index (χ0) is 11.9. The van der Waals surface area contributed by atoms with Crippen molar-refractivity contribution in [1.29, 1.82) is 5.26 Å². The Morgan fingerprint density at radius 2 is 2.07 bits per heavy atom. The van der Waals surface area contributed by atoms with Crippen molar-refractivity contribution in [3.05, 3.63) is 0 Å². The van der Waals surface area contributed by atoms with Crippen LogP contribution in [0.1, 0.15) is 27.7 Å². The summed E-state index contributed by atoms with van der Waals surface area (Å²) in [6.45, 7) is 9.73. The summed E-state index contributed by atoms with van der Waals surface area (Å²) < 4.78 is 5.46. The number of nitrogens with zero attached hydrogens (tertiary/aromatic N) is 2. The zero-order valence-corrected chi connectivity index (χ0v) is 10.2. The van der Waals surface area contributed by atoms with E-state index in [1.807, 2.05) is 32.6 Å². The fraction of sp³-hybridized carbons (Fsp3) is 0.909. The van der Waals surface area contributed by atoms with E-state index in [0.717, 1.165) is 6.54 Å². The van der Waals surface area contributed by atoms with Crippen molar-refractivity contribution in [2.45, 2.75) is 39.4 Å². The second-order valence-corrected chi connectivity index (χ2v) is 4.56. The number of hydrogen-bond donors (Lipinski definition) is 1. The van der Waals surface area contributed by atoms with E-state index in [-0.39, 0.29) is 5.60 Å². The molecule has 0 aliphatic heterocycles. The summed E-state index contributed by atoms with van der Waals surface area (Å²) in [7, 11) is 0. The van der Waals surface area contributed by atoms with Crippen LogP contribution in [0.15, 0.2) is 0 Å². The molecule has 0 saturated heterocycles. The molecule has 0 saturated carbocycles. The second kappa shape index (κ2) is 6.78. The van der Waals surface area contributed by atoms with E-state index in [4.69, 9.17) is 10.00 Å². The molecule has 0 aromatic heterocycles. The van der Waals surface area contributed by atoms with E-state index in [0.29, 0.717) is 19.7 Å². The molecule has 0 heterocycles. The van der Waals surface area contributed by atoms with E-state index < -0.39 is 6.10 Å². The first-order valence-corrected chi connectivity index (χ1v) is 5.30. The van der Waals surface area contributed by atoms with Crippen LogP contribution in [0, 0.1) is 11.3 Å². The Kier molecular flexibility index (Phi) is 6.50. The molecule has 1 unspecified atom stereocenters. The number of hydrogen-bond acceptors (Lipinski definition) is 4. The third-order valence-corrected chi connectivity index (χ3v) is 1.92. The third-order valence-electron chi connectivity index (χ3n) is 1.92. The Balaban J connectivity index is 3.81. The smallest absolute Gasteiger partial charge is 0.0900 e. The van der Waals surface area contributed by atoms with Crippen molar-refractivity contribution in [3.8, 4) is 6.07 Å². The highest BCUT2D eigenvalue weighted by atomic mass is 16.5. The van der Waals surface area contributed by atoms with Gasteiger partial charge in [-0.2, -0.15) is 5.26 Å². The number of rotatable bonds is 6. The molecule has 4 nitrogen and oxygen atoms in total. The van der Waals surface area contributed by atoms with Gasteiger partial charge >= 0.3 is 0 Å². The van der Waals surface area contributed by atoms with E-state index in [1.165, 1.54) is 0 Å². The number of ether oxygens (including phenoxy) is 1. The molecule has 0 aliphatic carbocycles. The SMILES string of the molecule is CCN(CC#N)CC(O)COC(C)(C)C. The van der Waals surface area contributed by atoms with Crippen molar-refractivity contribution in [2.75, 3.05) is 26.2 Å². The Labute approximate surface area is 92.4 Å². The molecule has 0 bridgehead atoms. The molecular formula is C11H22N2O2. The van der Waals surface area contributed by atoms with Gasteiger partial charge in [-0.3, -0.25) is 4.90 Å². The molecule has 0 fully saturated rings. The quantitative estimate of drug-likeness (QED) is 0.670. The molecule has 4 heteroatoms. The zero-order valence-electron chi connectivity index (χ0n) is 10.2. The van der Waals surface area contributed by atoms with Gasteiger partial charge in [0.1, 0.15) is 0 Å². The Morgan fingerprint density at radius 1 is 1.47 bits per heavy atom. The lowest BCUT2D eigenvalue weighted by Gasteiger charge is -2.25. The summed E-state index contributed by atoms with van der Waals surface area (Å²) in [6.07, 6.45) is -0.530. The Morgan fingerprint density at radius 3 is 2.47 bits per heavy atom. The summed E-state index contributed by atoms with van der Waals surface area (Å²) in [5.74, 6) is 0. The monoisotopic (exact) mass is 214 g/mol. The van der Waals surface area contributed by atoms with Crippen LogP contribution in [-0.4, -0.2) is 48.0 Å². The summed E-state index contributed by atoms with van der Waals surface area (Å²) in [6, 6.07) is 2.07. The van der Waals surface area contributed by atoms with E-state index >= 15 is 0 Å². The summed E-state index contributed by atoms with van der Waals surface area (Å²) >= 11 is 0. The van der Waals surface area contributed by atoms with Gasteiger partial charge in [0.15, 0.2) is 0 Å². The highest BCUT2D eigenvalue weighted by molar-refractivity contribution is 4.77. The number of nitriles is 1. The van der Waals surface area contributed by atoms with Crippen LogP contribution in [0.5, 0.6) is 0 Å². The molecular weight excluding hydrogens is 192 g/mol. The maximum absolute atomic E-state index is 9.66. The minimum absolute atomic E-state index is 0.229. The number of likely N-dealkylation sites (N-methyl/N-ethyl adjacent to an activating group) is 1. The van der Waals surface area contributed by atoms with Gasteiger partial charge in [0.05, 0.1) is 30.9 Å². The van der Waals surface area contributed by atoms with Gasteiger partial charge in [-0.15, -0.1) is 0 Å². The van der Waals surface area contributed by atoms with Crippen LogP contribution < -0.4 is 0 Å². The van der Waals surface area contributed by atoms with Crippen LogP contribution in [0.3, 0.4) is 0 Å². The minimum atomic E-state index is -0.530. The molecule has 0 aromatic rings. The topological polar surface area (TPSA) is 56.5 Å². The highest BCUT2D eigenvalue weighted by Crippen LogP contribution is 2.07. The van der Waals surface area contributed by atoms with Crippen LogP contribution in [0.25, 0.3) is 0 Å². The lowest BCUT2D eigenvalue weighted by Crippen LogP contribution is -2.37. The molecule has 0 aliphatic rings. The Bertz CT molecular complexity index is 206. The van der Waals surface area contributed by atoms with Crippen LogP contribution in [0.4, 0.5) is 0 Å².